The van der Waals surface area contributed by atoms with Crippen molar-refractivity contribution >= 4 is 23.6 Å². The maximum atomic E-state index is 13.0. The summed E-state index contributed by atoms with van der Waals surface area (Å²) >= 11 is 6.01. The molecule has 3 rings (SSSR count). The van der Waals surface area contributed by atoms with Gasteiger partial charge in [-0.2, -0.15) is 13.2 Å². The number of rotatable bonds is 1. The number of hydrogen-bond donors (Lipinski definition) is 1. The van der Waals surface area contributed by atoms with Crippen molar-refractivity contribution in [2.75, 3.05) is 26.2 Å². The topological polar surface area (TPSA) is 65.1 Å². The molecule has 0 bridgehead atoms. The predicted molar refractivity (Wildman–Crippen MR) is 104 cm³/mol. The molecule has 3 aliphatic heterocycles. The second-order valence-corrected chi connectivity index (χ2v) is 8.70. The number of alkyl halides is 3. The van der Waals surface area contributed by atoms with Gasteiger partial charge in [-0.05, 0) is 33.3 Å². The molecule has 3 aliphatic rings. The molecule has 3 heterocycles. The lowest BCUT2D eigenvalue weighted by molar-refractivity contribution is -0.127. The summed E-state index contributed by atoms with van der Waals surface area (Å²) in [5.41, 5.74) is -1.35. The van der Waals surface area contributed by atoms with Gasteiger partial charge in [-0.25, -0.2) is 4.79 Å². The van der Waals surface area contributed by atoms with Crippen molar-refractivity contribution in [3.63, 3.8) is 0 Å². The number of allylic oxidation sites excluding steroid dienone is 2. The summed E-state index contributed by atoms with van der Waals surface area (Å²) in [6.45, 7) is 6.80. The molecular formula is C19H24ClF3N4O3. The zero-order valence-electron chi connectivity index (χ0n) is 16.9. The van der Waals surface area contributed by atoms with Gasteiger partial charge in [0, 0.05) is 38.6 Å². The molecule has 2 amide bonds. The van der Waals surface area contributed by atoms with Gasteiger partial charge in [-0.15, -0.1) is 0 Å². The van der Waals surface area contributed by atoms with Crippen molar-refractivity contribution in [2.24, 2.45) is 0 Å². The molecule has 1 atom stereocenters. The van der Waals surface area contributed by atoms with Gasteiger partial charge in [-0.1, -0.05) is 11.6 Å². The smallest absolute Gasteiger partial charge is 0.417 e. The first-order valence-corrected chi connectivity index (χ1v) is 9.92. The zero-order chi connectivity index (χ0) is 22.3. The first kappa shape index (κ1) is 22.3. The van der Waals surface area contributed by atoms with E-state index in [-0.39, 0.29) is 23.2 Å². The molecule has 0 aromatic heterocycles. The summed E-state index contributed by atoms with van der Waals surface area (Å²) < 4.78 is 44.4. The van der Waals surface area contributed by atoms with Gasteiger partial charge in [0.1, 0.15) is 17.5 Å². The lowest BCUT2D eigenvalue weighted by Crippen LogP contribution is -2.42. The summed E-state index contributed by atoms with van der Waals surface area (Å²) in [7, 11) is 0. The lowest BCUT2D eigenvalue weighted by atomic mass is 10.2. The minimum atomic E-state index is -4.54. The van der Waals surface area contributed by atoms with Gasteiger partial charge in [0.25, 0.3) is 5.91 Å². The highest BCUT2D eigenvalue weighted by atomic mass is 35.5. The number of fused-ring (bicyclic) bond motifs is 1. The number of amides is 2. The molecule has 0 spiro atoms. The van der Waals surface area contributed by atoms with Crippen LogP contribution in [-0.2, 0) is 9.53 Å². The highest BCUT2D eigenvalue weighted by molar-refractivity contribution is 6.30. The number of hydrogen-bond acceptors (Lipinski definition) is 5. The summed E-state index contributed by atoms with van der Waals surface area (Å²) in [5.74, 6) is -0.359. The minimum Gasteiger partial charge on any atom is -0.444 e. The van der Waals surface area contributed by atoms with Crippen LogP contribution in [0.25, 0.3) is 0 Å². The average molecular weight is 449 g/mol. The van der Waals surface area contributed by atoms with Crippen LogP contribution in [0.4, 0.5) is 18.0 Å². The number of ether oxygens (including phenoxy) is 1. The largest absolute Gasteiger partial charge is 0.444 e. The Morgan fingerprint density at radius 3 is 2.37 bits per heavy atom. The molecule has 0 saturated carbocycles. The van der Waals surface area contributed by atoms with Crippen LogP contribution < -0.4 is 5.32 Å². The van der Waals surface area contributed by atoms with Crippen LogP contribution >= 0.6 is 11.6 Å². The lowest BCUT2D eigenvalue weighted by Gasteiger charge is -2.27. The average Bonchev–Trinajstić information content (AvgIpc) is 2.89. The summed E-state index contributed by atoms with van der Waals surface area (Å²) in [6.07, 6.45) is -2.08. The van der Waals surface area contributed by atoms with E-state index in [0.717, 1.165) is 12.3 Å². The monoisotopic (exact) mass is 448 g/mol. The normalized spacial score (nSPS) is 22.4. The quantitative estimate of drug-likeness (QED) is 0.667. The Labute approximate surface area is 177 Å². The molecule has 11 heteroatoms. The molecule has 166 valence electrons. The molecule has 1 N–H and O–H groups in total. The Bertz CT molecular complexity index is 817. The number of carbonyl (C=O) groups is 2. The maximum absolute atomic E-state index is 13.0. The molecular weight excluding hydrogens is 425 g/mol. The van der Waals surface area contributed by atoms with Crippen molar-refractivity contribution < 1.29 is 27.5 Å². The number of nitrogens with one attached hydrogen (secondary N) is 1. The van der Waals surface area contributed by atoms with Crippen LogP contribution in [0.2, 0.25) is 0 Å². The summed E-state index contributed by atoms with van der Waals surface area (Å²) in [5, 5.41) is 2.82. The van der Waals surface area contributed by atoms with Crippen LogP contribution in [0.1, 0.15) is 27.2 Å². The first-order chi connectivity index (χ1) is 13.8. The molecule has 0 radical (unpaired) electrons. The Balaban J connectivity index is 1.66. The van der Waals surface area contributed by atoms with Crippen molar-refractivity contribution in [2.45, 2.75) is 45.1 Å². The second kappa shape index (κ2) is 8.05. The summed E-state index contributed by atoms with van der Waals surface area (Å²) in [4.78, 5) is 29.5. The van der Waals surface area contributed by atoms with E-state index in [0.29, 0.717) is 26.1 Å². The van der Waals surface area contributed by atoms with Crippen LogP contribution in [0.15, 0.2) is 34.8 Å². The van der Waals surface area contributed by atoms with E-state index in [1.165, 1.54) is 11.1 Å². The van der Waals surface area contributed by atoms with Gasteiger partial charge in [-0.3, -0.25) is 4.79 Å². The first-order valence-electron chi connectivity index (χ1n) is 9.54. The van der Waals surface area contributed by atoms with Crippen LogP contribution in [0.3, 0.4) is 0 Å². The van der Waals surface area contributed by atoms with Gasteiger partial charge in [0.15, 0.2) is 0 Å². The molecule has 7 nitrogen and oxygen atoms in total. The number of nitrogens with zero attached hydrogens (tertiary/aromatic N) is 3. The van der Waals surface area contributed by atoms with Gasteiger partial charge in [0.2, 0.25) is 0 Å². The molecule has 0 unspecified atom stereocenters. The molecule has 30 heavy (non-hydrogen) atoms. The molecule has 0 aromatic rings. The molecule has 1 fully saturated rings. The third-order valence-electron chi connectivity index (χ3n) is 4.70. The van der Waals surface area contributed by atoms with E-state index in [2.05, 4.69) is 5.32 Å². The fourth-order valence-electron chi connectivity index (χ4n) is 3.30. The Hall–Kier alpha value is -2.36. The van der Waals surface area contributed by atoms with Crippen LogP contribution in [0, 0.1) is 0 Å². The zero-order valence-corrected chi connectivity index (χ0v) is 17.7. The third-order valence-corrected chi connectivity index (χ3v) is 5.02. The number of halogens is 4. The second-order valence-electron chi connectivity index (χ2n) is 8.26. The minimum absolute atomic E-state index is 0.0594. The number of carbonyl (C=O) groups excluding carboxylic acids is 2. The van der Waals surface area contributed by atoms with Crippen LogP contribution in [-0.4, -0.2) is 70.8 Å². The predicted octanol–water partition coefficient (Wildman–Crippen LogP) is 3.11. The van der Waals surface area contributed by atoms with E-state index < -0.39 is 29.6 Å². The highest BCUT2D eigenvalue weighted by Gasteiger charge is 2.40. The maximum Gasteiger partial charge on any atom is 0.417 e. The third kappa shape index (κ3) is 5.03. The summed E-state index contributed by atoms with van der Waals surface area (Å²) in [6, 6.07) is 0. The SMILES string of the molecule is CC(C)(C)OC(=O)N1CCCN(C(=O)C2=CN3C=C(C(F)(F)F)C=C(Cl)[C@@H]3N2)CC1. The van der Waals surface area contributed by atoms with Crippen molar-refractivity contribution in [3.05, 3.63) is 34.8 Å². The molecule has 0 aromatic carbocycles. The van der Waals surface area contributed by atoms with Crippen molar-refractivity contribution in [1.29, 1.82) is 0 Å². The molecule has 1 saturated heterocycles. The Kier molecular flexibility index (Phi) is 5.99. The van der Waals surface area contributed by atoms with Gasteiger partial charge >= 0.3 is 12.3 Å². The van der Waals surface area contributed by atoms with Crippen LogP contribution in [0.5, 0.6) is 0 Å². The Morgan fingerprint density at radius 2 is 1.73 bits per heavy atom. The van der Waals surface area contributed by atoms with Gasteiger partial charge in [0.05, 0.1) is 10.6 Å². The highest BCUT2D eigenvalue weighted by Crippen LogP contribution is 2.35. The van der Waals surface area contributed by atoms with Crippen molar-refractivity contribution in [3.8, 4) is 0 Å². The van der Waals surface area contributed by atoms with E-state index in [1.54, 1.807) is 30.6 Å². The van der Waals surface area contributed by atoms with E-state index >= 15 is 0 Å². The van der Waals surface area contributed by atoms with E-state index in [1.807, 2.05) is 0 Å². The molecule has 0 aliphatic carbocycles. The fraction of sp³-hybridized carbons (Fsp3) is 0.579. The Morgan fingerprint density at radius 1 is 1.10 bits per heavy atom. The van der Waals surface area contributed by atoms with E-state index in [9.17, 15) is 22.8 Å². The van der Waals surface area contributed by atoms with Gasteiger partial charge < -0.3 is 24.8 Å². The fourth-order valence-corrected chi connectivity index (χ4v) is 3.59. The van der Waals surface area contributed by atoms with E-state index in [4.69, 9.17) is 16.3 Å². The standard InChI is InChI=1S/C19H24ClF3N4O3/c1-18(2,3)30-17(29)26-6-4-5-25(7-8-26)16(28)14-11-27-10-12(19(21,22)23)9-13(20)15(27)24-14/h9-11,15,24H,4-8H2,1-3H3/t15-/m1/s1. The van der Waals surface area contributed by atoms with Crippen molar-refractivity contribution in [1.82, 2.24) is 20.0 Å².